The largest absolute Gasteiger partial charge is 0.372 e. The summed E-state index contributed by atoms with van der Waals surface area (Å²) in [6.07, 6.45) is 4.79. The van der Waals surface area contributed by atoms with E-state index in [4.69, 9.17) is 14.2 Å². The van der Waals surface area contributed by atoms with Gasteiger partial charge in [-0.15, -0.1) is 0 Å². The summed E-state index contributed by atoms with van der Waals surface area (Å²) >= 11 is 3.71. The number of hydrogen-bond acceptors (Lipinski definition) is 3. The molecule has 2 aliphatic rings. The highest BCUT2D eigenvalue weighted by Gasteiger charge is 2.37. The highest BCUT2D eigenvalue weighted by Crippen LogP contribution is 2.31. The zero-order valence-corrected chi connectivity index (χ0v) is 11.6. The lowest BCUT2D eigenvalue weighted by atomic mass is 9.99. The molecule has 0 amide bonds. The molecule has 0 aromatic heterocycles. The first-order valence-corrected chi connectivity index (χ1v) is 7.21. The van der Waals surface area contributed by atoms with Crippen molar-refractivity contribution in [1.82, 2.24) is 0 Å². The van der Waals surface area contributed by atoms with Gasteiger partial charge in [0.15, 0.2) is 6.29 Å². The summed E-state index contributed by atoms with van der Waals surface area (Å²) in [7, 11) is 0. The van der Waals surface area contributed by atoms with E-state index >= 15 is 0 Å². The first-order chi connectivity index (χ1) is 7.72. The van der Waals surface area contributed by atoms with Crippen molar-refractivity contribution >= 4 is 15.9 Å². The van der Waals surface area contributed by atoms with Gasteiger partial charge in [-0.05, 0) is 25.7 Å². The number of halogens is 1. The molecule has 94 valence electrons. The zero-order valence-electron chi connectivity index (χ0n) is 10.0. The summed E-state index contributed by atoms with van der Waals surface area (Å²) in [6.45, 7) is 4.93. The van der Waals surface area contributed by atoms with Crippen molar-refractivity contribution in [1.29, 1.82) is 0 Å². The van der Waals surface area contributed by atoms with Crippen LogP contribution in [0.2, 0.25) is 0 Å². The van der Waals surface area contributed by atoms with E-state index in [1.165, 1.54) is 0 Å². The molecule has 4 heteroatoms. The van der Waals surface area contributed by atoms with Crippen molar-refractivity contribution in [2.24, 2.45) is 0 Å². The van der Waals surface area contributed by atoms with Crippen LogP contribution in [0.25, 0.3) is 0 Å². The van der Waals surface area contributed by atoms with E-state index in [9.17, 15) is 0 Å². The summed E-state index contributed by atoms with van der Waals surface area (Å²) in [4.78, 5) is 0.556. The second kappa shape index (κ2) is 5.80. The fraction of sp³-hybridized carbons (Fsp3) is 1.00. The third kappa shape index (κ3) is 2.97. The van der Waals surface area contributed by atoms with Crippen LogP contribution in [0.3, 0.4) is 0 Å². The predicted octanol–water partition coefficient (Wildman–Crippen LogP) is 2.86. The van der Waals surface area contributed by atoms with Gasteiger partial charge in [0, 0.05) is 4.83 Å². The molecule has 3 nitrogen and oxygen atoms in total. The fourth-order valence-corrected chi connectivity index (χ4v) is 3.16. The van der Waals surface area contributed by atoms with Gasteiger partial charge in [-0.3, -0.25) is 0 Å². The van der Waals surface area contributed by atoms with Gasteiger partial charge < -0.3 is 14.2 Å². The van der Waals surface area contributed by atoms with Crippen molar-refractivity contribution in [3.63, 3.8) is 0 Å². The van der Waals surface area contributed by atoms with E-state index in [2.05, 4.69) is 29.8 Å². The minimum atomic E-state index is -0.0237. The monoisotopic (exact) mass is 292 g/mol. The standard InChI is InChI=1S/C12H21BrO3/c1-3-9-5-8(13)6-10(15-9)11-7-14-12(4-2)16-11/h8-12H,3-7H2,1-2H3/t8?,9?,10-,11+,12?/m0/s1. The summed E-state index contributed by atoms with van der Waals surface area (Å²) in [5.74, 6) is 0. The molecule has 5 atom stereocenters. The Morgan fingerprint density at radius 1 is 1.06 bits per heavy atom. The smallest absolute Gasteiger partial charge is 0.158 e. The molecule has 0 aromatic rings. The topological polar surface area (TPSA) is 27.7 Å². The molecule has 0 N–H and O–H groups in total. The van der Waals surface area contributed by atoms with Crippen LogP contribution in [0.4, 0.5) is 0 Å². The highest BCUT2D eigenvalue weighted by atomic mass is 79.9. The van der Waals surface area contributed by atoms with Crippen LogP contribution in [0.1, 0.15) is 39.5 Å². The second-order valence-electron chi connectivity index (χ2n) is 4.62. The molecule has 0 spiro atoms. The van der Waals surface area contributed by atoms with E-state index in [0.717, 1.165) is 25.7 Å². The molecule has 16 heavy (non-hydrogen) atoms. The Kier molecular flexibility index (Phi) is 4.65. The van der Waals surface area contributed by atoms with Crippen LogP contribution in [-0.4, -0.2) is 36.0 Å². The third-order valence-electron chi connectivity index (χ3n) is 3.35. The van der Waals surface area contributed by atoms with Crippen molar-refractivity contribution in [2.75, 3.05) is 6.61 Å². The first-order valence-electron chi connectivity index (χ1n) is 6.29. The molecule has 3 unspecified atom stereocenters. The fourth-order valence-electron chi connectivity index (χ4n) is 2.38. The quantitative estimate of drug-likeness (QED) is 0.749. The maximum absolute atomic E-state index is 6.05. The summed E-state index contributed by atoms with van der Waals surface area (Å²) in [6, 6.07) is 0. The van der Waals surface area contributed by atoms with E-state index in [-0.39, 0.29) is 18.5 Å². The van der Waals surface area contributed by atoms with Crippen molar-refractivity contribution in [3.05, 3.63) is 0 Å². The Labute approximate surface area is 106 Å². The molecule has 2 aliphatic heterocycles. The van der Waals surface area contributed by atoms with E-state index < -0.39 is 0 Å². The summed E-state index contributed by atoms with van der Waals surface area (Å²) in [5, 5.41) is 0. The summed E-state index contributed by atoms with van der Waals surface area (Å²) < 4.78 is 17.4. The number of alkyl halides is 1. The summed E-state index contributed by atoms with van der Waals surface area (Å²) in [5.41, 5.74) is 0. The molecule has 0 aliphatic carbocycles. The first kappa shape index (κ1) is 12.8. The Morgan fingerprint density at radius 2 is 1.88 bits per heavy atom. The Morgan fingerprint density at radius 3 is 2.50 bits per heavy atom. The van der Waals surface area contributed by atoms with Crippen LogP contribution < -0.4 is 0 Å². The molecule has 0 radical (unpaired) electrons. The van der Waals surface area contributed by atoms with E-state index in [1.54, 1.807) is 0 Å². The van der Waals surface area contributed by atoms with Crippen LogP contribution in [-0.2, 0) is 14.2 Å². The maximum atomic E-state index is 6.05. The SMILES string of the molecule is CCC1CC(Br)C[C@@H]([C@H]2COC(CC)O2)O1. The Bertz CT molecular complexity index is 224. The van der Waals surface area contributed by atoms with E-state index in [0.29, 0.717) is 17.5 Å². The van der Waals surface area contributed by atoms with Gasteiger partial charge in [0.05, 0.1) is 18.8 Å². The second-order valence-corrected chi connectivity index (χ2v) is 5.91. The lowest BCUT2D eigenvalue weighted by molar-refractivity contribution is -0.128. The van der Waals surface area contributed by atoms with E-state index in [1.807, 2.05) is 0 Å². The van der Waals surface area contributed by atoms with Crippen molar-refractivity contribution < 1.29 is 14.2 Å². The molecule has 0 bridgehead atoms. The lowest BCUT2D eigenvalue weighted by Crippen LogP contribution is -2.41. The van der Waals surface area contributed by atoms with Crippen LogP contribution >= 0.6 is 15.9 Å². The molecular weight excluding hydrogens is 272 g/mol. The molecule has 2 fully saturated rings. The lowest BCUT2D eigenvalue weighted by Gasteiger charge is -2.35. The van der Waals surface area contributed by atoms with Gasteiger partial charge in [-0.1, -0.05) is 29.8 Å². The predicted molar refractivity (Wildman–Crippen MR) is 65.8 cm³/mol. The number of rotatable bonds is 3. The van der Waals surface area contributed by atoms with Crippen molar-refractivity contribution in [2.45, 2.75) is 69.0 Å². The molecule has 0 saturated carbocycles. The minimum absolute atomic E-state index is 0.0237. The zero-order chi connectivity index (χ0) is 11.5. The highest BCUT2D eigenvalue weighted by molar-refractivity contribution is 9.09. The van der Waals surface area contributed by atoms with Gasteiger partial charge in [-0.2, -0.15) is 0 Å². The van der Waals surface area contributed by atoms with Crippen LogP contribution in [0.15, 0.2) is 0 Å². The Balaban J connectivity index is 1.88. The average molecular weight is 293 g/mol. The number of ether oxygens (including phenoxy) is 3. The van der Waals surface area contributed by atoms with Crippen LogP contribution in [0, 0.1) is 0 Å². The minimum Gasteiger partial charge on any atom is -0.372 e. The molecule has 2 rings (SSSR count). The molecular formula is C12H21BrO3. The van der Waals surface area contributed by atoms with Gasteiger partial charge in [0.2, 0.25) is 0 Å². The van der Waals surface area contributed by atoms with Crippen molar-refractivity contribution in [3.8, 4) is 0 Å². The van der Waals surface area contributed by atoms with Crippen LogP contribution in [0.5, 0.6) is 0 Å². The third-order valence-corrected chi connectivity index (χ3v) is 4.10. The molecule has 2 heterocycles. The van der Waals surface area contributed by atoms with Gasteiger partial charge >= 0.3 is 0 Å². The van der Waals surface area contributed by atoms with Gasteiger partial charge in [0.25, 0.3) is 0 Å². The molecule has 0 aromatic carbocycles. The van der Waals surface area contributed by atoms with Gasteiger partial charge in [0.1, 0.15) is 6.10 Å². The maximum Gasteiger partial charge on any atom is 0.158 e. The number of hydrogen-bond donors (Lipinski definition) is 0. The Hall–Kier alpha value is 0.360. The normalized spacial score (nSPS) is 44.8. The molecule has 2 saturated heterocycles. The average Bonchev–Trinajstić information content (AvgIpc) is 2.76. The van der Waals surface area contributed by atoms with Gasteiger partial charge in [-0.25, -0.2) is 0 Å².